The number of aryl methyl sites for hydroxylation is 1. The SMILES string of the molecule is Cc1cccc(C2(O)CCN(C(=O)c3cc(Cl)ccc3O)CC2)c1C. The van der Waals surface area contributed by atoms with Crippen LogP contribution in [0.25, 0.3) is 0 Å². The Morgan fingerprint density at radius 2 is 1.84 bits per heavy atom. The van der Waals surface area contributed by atoms with Gasteiger partial charge in [-0.3, -0.25) is 4.79 Å². The Kier molecular flexibility index (Phi) is 4.76. The maximum atomic E-state index is 12.7. The molecule has 2 aromatic carbocycles. The van der Waals surface area contributed by atoms with Crippen molar-refractivity contribution >= 4 is 17.5 Å². The van der Waals surface area contributed by atoms with Crippen LogP contribution in [0.5, 0.6) is 5.75 Å². The lowest BCUT2D eigenvalue weighted by molar-refractivity contribution is -0.0216. The van der Waals surface area contributed by atoms with Crippen molar-refractivity contribution in [2.45, 2.75) is 32.3 Å². The zero-order valence-corrected chi connectivity index (χ0v) is 15.2. The van der Waals surface area contributed by atoms with Crippen molar-refractivity contribution in [2.24, 2.45) is 0 Å². The van der Waals surface area contributed by atoms with E-state index in [0.717, 1.165) is 16.7 Å². The Labute approximate surface area is 152 Å². The average Bonchev–Trinajstić information content (AvgIpc) is 2.59. The Morgan fingerprint density at radius 3 is 2.52 bits per heavy atom. The molecule has 0 radical (unpaired) electrons. The van der Waals surface area contributed by atoms with Crippen LogP contribution in [0.2, 0.25) is 5.02 Å². The topological polar surface area (TPSA) is 60.8 Å². The maximum absolute atomic E-state index is 12.7. The van der Waals surface area contributed by atoms with Gasteiger partial charge in [-0.25, -0.2) is 0 Å². The first kappa shape index (κ1) is 17.8. The van der Waals surface area contributed by atoms with Gasteiger partial charge in [-0.15, -0.1) is 0 Å². The molecule has 0 aliphatic carbocycles. The van der Waals surface area contributed by atoms with Crippen LogP contribution in [0.15, 0.2) is 36.4 Å². The molecule has 1 saturated heterocycles. The molecule has 3 rings (SSSR count). The minimum Gasteiger partial charge on any atom is -0.507 e. The zero-order valence-electron chi connectivity index (χ0n) is 14.4. The van der Waals surface area contributed by atoms with Gasteiger partial charge in [0.05, 0.1) is 11.2 Å². The van der Waals surface area contributed by atoms with Crippen molar-refractivity contribution in [2.75, 3.05) is 13.1 Å². The molecule has 0 aromatic heterocycles. The molecule has 0 saturated carbocycles. The zero-order chi connectivity index (χ0) is 18.2. The third-order valence-corrected chi connectivity index (χ3v) is 5.41. The van der Waals surface area contributed by atoms with E-state index in [9.17, 15) is 15.0 Å². The van der Waals surface area contributed by atoms with Gasteiger partial charge in [-0.05, 0) is 61.6 Å². The van der Waals surface area contributed by atoms with Crippen LogP contribution in [-0.4, -0.2) is 34.1 Å². The molecule has 0 bridgehead atoms. The summed E-state index contributed by atoms with van der Waals surface area (Å²) in [6, 6.07) is 10.4. The summed E-state index contributed by atoms with van der Waals surface area (Å²) >= 11 is 5.94. The number of phenols is 1. The second-order valence-corrected chi connectivity index (χ2v) is 7.17. The van der Waals surface area contributed by atoms with Gasteiger partial charge >= 0.3 is 0 Å². The van der Waals surface area contributed by atoms with Crippen molar-refractivity contribution < 1.29 is 15.0 Å². The summed E-state index contributed by atoms with van der Waals surface area (Å²) in [4.78, 5) is 14.3. The van der Waals surface area contributed by atoms with Crippen LogP contribution < -0.4 is 0 Å². The van der Waals surface area contributed by atoms with E-state index >= 15 is 0 Å². The number of carbonyl (C=O) groups is 1. The van der Waals surface area contributed by atoms with Crippen LogP contribution in [0.1, 0.15) is 39.9 Å². The number of amides is 1. The number of aromatic hydroxyl groups is 1. The molecule has 132 valence electrons. The van der Waals surface area contributed by atoms with Gasteiger partial charge in [0, 0.05) is 18.1 Å². The highest BCUT2D eigenvalue weighted by Crippen LogP contribution is 2.36. The highest BCUT2D eigenvalue weighted by atomic mass is 35.5. The number of aliphatic hydroxyl groups is 1. The molecule has 1 aliphatic heterocycles. The monoisotopic (exact) mass is 359 g/mol. The Balaban J connectivity index is 1.78. The number of phenolic OH excluding ortho intramolecular Hbond substituents is 1. The number of hydrogen-bond acceptors (Lipinski definition) is 3. The highest BCUT2D eigenvalue weighted by molar-refractivity contribution is 6.31. The van der Waals surface area contributed by atoms with Crippen molar-refractivity contribution in [3.05, 3.63) is 63.7 Å². The summed E-state index contributed by atoms with van der Waals surface area (Å²) in [5, 5.41) is 21.4. The van der Waals surface area contributed by atoms with Gasteiger partial charge in [0.15, 0.2) is 0 Å². The molecule has 0 atom stereocenters. The van der Waals surface area contributed by atoms with Gasteiger partial charge in [-0.2, -0.15) is 0 Å². The standard InChI is InChI=1S/C20H22ClNO3/c1-13-4-3-5-17(14(13)2)20(25)8-10-22(11-9-20)19(24)16-12-15(21)6-7-18(16)23/h3-7,12,23,25H,8-11H2,1-2H3. The summed E-state index contributed by atoms with van der Waals surface area (Å²) in [6.45, 7) is 4.90. The Bertz CT molecular complexity index is 811. The van der Waals surface area contributed by atoms with Crippen LogP contribution in [0.3, 0.4) is 0 Å². The number of benzene rings is 2. The van der Waals surface area contributed by atoms with E-state index < -0.39 is 5.60 Å². The van der Waals surface area contributed by atoms with Gasteiger partial charge in [0.1, 0.15) is 5.75 Å². The number of likely N-dealkylation sites (tertiary alicyclic amines) is 1. The van der Waals surface area contributed by atoms with Crippen molar-refractivity contribution in [3.8, 4) is 5.75 Å². The predicted octanol–water partition coefficient (Wildman–Crippen LogP) is 3.79. The third-order valence-electron chi connectivity index (χ3n) is 5.17. The number of rotatable bonds is 2. The molecule has 1 heterocycles. The van der Waals surface area contributed by atoms with Crippen LogP contribution in [-0.2, 0) is 5.60 Å². The average molecular weight is 360 g/mol. The van der Waals surface area contributed by atoms with E-state index in [1.807, 2.05) is 32.0 Å². The molecule has 2 aromatic rings. The second kappa shape index (κ2) is 6.70. The van der Waals surface area contributed by atoms with E-state index in [2.05, 4.69) is 0 Å². The van der Waals surface area contributed by atoms with Crippen molar-refractivity contribution in [1.82, 2.24) is 4.90 Å². The smallest absolute Gasteiger partial charge is 0.257 e. The largest absolute Gasteiger partial charge is 0.507 e. The van der Waals surface area contributed by atoms with Gasteiger partial charge in [-0.1, -0.05) is 29.8 Å². The summed E-state index contributed by atoms with van der Waals surface area (Å²) < 4.78 is 0. The van der Waals surface area contributed by atoms with E-state index in [4.69, 9.17) is 11.6 Å². The molecule has 25 heavy (non-hydrogen) atoms. The molecule has 1 amide bonds. The molecule has 4 nitrogen and oxygen atoms in total. The first-order valence-electron chi connectivity index (χ1n) is 8.39. The van der Waals surface area contributed by atoms with Crippen LogP contribution in [0.4, 0.5) is 0 Å². The van der Waals surface area contributed by atoms with Crippen LogP contribution >= 0.6 is 11.6 Å². The molecule has 0 unspecified atom stereocenters. The summed E-state index contributed by atoms with van der Waals surface area (Å²) in [7, 11) is 0. The number of nitrogens with zero attached hydrogens (tertiary/aromatic N) is 1. The van der Waals surface area contributed by atoms with Gasteiger partial charge < -0.3 is 15.1 Å². The number of hydrogen-bond donors (Lipinski definition) is 2. The van der Waals surface area contributed by atoms with Crippen molar-refractivity contribution in [3.63, 3.8) is 0 Å². The number of carbonyl (C=O) groups excluding carboxylic acids is 1. The lowest BCUT2D eigenvalue weighted by Gasteiger charge is -2.39. The molecule has 5 heteroatoms. The Hall–Kier alpha value is -2.04. The summed E-state index contributed by atoms with van der Waals surface area (Å²) in [5.41, 5.74) is 2.45. The fraction of sp³-hybridized carbons (Fsp3) is 0.350. The molecule has 1 fully saturated rings. The molecule has 0 spiro atoms. The minimum atomic E-state index is -0.927. The normalized spacial score (nSPS) is 16.7. The fourth-order valence-corrected chi connectivity index (χ4v) is 3.63. The van der Waals surface area contributed by atoms with Gasteiger partial charge in [0.25, 0.3) is 5.91 Å². The van der Waals surface area contributed by atoms with E-state index in [0.29, 0.717) is 31.0 Å². The number of halogens is 1. The molecule has 1 aliphatic rings. The molecular formula is C20H22ClNO3. The minimum absolute atomic E-state index is 0.0789. The van der Waals surface area contributed by atoms with Crippen molar-refractivity contribution in [1.29, 1.82) is 0 Å². The fourth-order valence-electron chi connectivity index (χ4n) is 3.45. The quantitative estimate of drug-likeness (QED) is 0.857. The van der Waals surface area contributed by atoms with Gasteiger partial charge in [0.2, 0.25) is 0 Å². The van der Waals surface area contributed by atoms with E-state index in [1.54, 1.807) is 11.0 Å². The lowest BCUT2D eigenvalue weighted by atomic mass is 9.81. The van der Waals surface area contributed by atoms with E-state index in [1.165, 1.54) is 12.1 Å². The Morgan fingerprint density at radius 1 is 1.16 bits per heavy atom. The maximum Gasteiger partial charge on any atom is 0.257 e. The summed E-state index contributed by atoms with van der Waals surface area (Å²) in [6.07, 6.45) is 0.925. The predicted molar refractivity (Wildman–Crippen MR) is 98.1 cm³/mol. The highest BCUT2D eigenvalue weighted by Gasteiger charge is 2.37. The second-order valence-electron chi connectivity index (χ2n) is 6.73. The third kappa shape index (κ3) is 3.37. The van der Waals surface area contributed by atoms with Crippen LogP contribution in [0, 0.1) is 13.8 Å². The first-order valence-corrected chi connectivity index (χ1v) is 8.76. The first-order chi connectivity index (χ1) is 11.8. The number of piperidine rings is 1. The molecule has 2 N–H and O–H groups in total. The molecular weight excluding hydrogens is 338 g/mol. The lowest BCUT2D eigenvalue weighted by Crippen LogP contribution is -2.45. The summed E-state index contributed by atoms with van der Waals surface area (Å²) in [5.74, 6) is -0.340. The van der Waals surface area contributed by atoms with E-state index in [-0.39, 0.29) is 17.2 Å².